The van der Waals surface area contributed by atoms with Gasteiger partial charge < -0.3 is 20.3 Å². The van der Waals surface area contributed by atoms with Crippen LogP contribution in [0.5, 0.6) is 0 Å². The summed E-state index contributed by atoms with van der Waals surface area (Å²) in [4.78, 5) is 17.7. The number of halogens is 1. The van der Waals surface area contributed by atoms with E-state index in [1.54, 1.807) is 14.1 Å². The van der Waals surface area contributed by atoms with Crippen molar-refractivity contribution in [3.05, 3.63) is 34.9 Å². The molecule has 6 nitrogen and oxygen atoms in total. The first kappa shape index (κ1) is 19.5. The number of aliphatic imine (C=N–C) groups is 1. The minimum absolute atomic E-state index is 0.0316. The molecule has 1 heterocycles. The molecule has 1 aliphatic rings. The minimum atomic E-state index is -0.0316. The van der Waals surface area contributed by atoms with Crippen molar-refractivity contribution in [1.82, 2.24) is 15.5 Å². The maximum atomic E-state index is 11.8. The average molecular weight is 367 g/mol. The number of likely N-dealkylation sites (N-methyl/N-ethyl adjacent to an activating group) is 1. The predicted molar refractivity (Wildman–Crippen MR) is 101 cm³/mol. The van der Waals surface area contributed by atoms with Crippen molar-refractivity contribution in [2.24, 2.45) is 4.99 Å². The Morgan fingerprint density at radius 2 is 2.08 bits per heavy atom. The quantitative estimate of drug-likeness (QED) is 0.569. The van der Waals surface area contributed by atoms with Crippen LogP contribution in [0.3, 0.4) is 0 Å². The van der Waals surface area contributed by atoms with Gasteiger partial charge in [-0.05, 0) is 37.0 Å². The van der Waals surface area contributed by atoms with Gasteiger partial charge in [0.15, 0.2) is 5.96 Å². The van der Waals surface area contributed by atoms with Gasteiger partial charge in [-0.3, -0.25) is 4.79 Å². The molecule has 1 amide bonds. The van der Waals surface area contributed by atoms with E-state index in [1.165, 1.54) is 10.5 Å². The number of benzene rings is 1. The SMILES string of the molecule is CN(C)C(=O)CN=C(NCCc1ccc(Cl)cc1)NCC1CCCO1. The van der Waals surface area contributed by atoms with E-state index in [0.29, 0.717) is 12.5 Å². The molecule has 25 heavy (non-hydrogen) atoms. The molecule has 0 aromatic heterocycles. The fourth-order valence-electron chi connectivity index (χ4n) is 2.45. The molecule has 0 saturated carbocycles. The van der Waals surface area contributed by atoms with Crippen LogP contribution in [0.2, 0.25) is 5.02 Å². The van der Waals surface area contributed by atoms with Crippen LogP contribution in [0, 0.1) is 0 Å². The molecule has 1 aromatic rings. The maximum absolute atomic E-state index is 11.8. The van der Waals surface area contributed by atoms with Gasteiger partial charge in [0.1, 0.15) is 6.54 Å². The summed E-state index contributed by atoms with van der Waals surface area (Å²) in [5.74, 6) is 0.607. The Hall–Kier alpha value is -1.79. The van der Waals surface area contributed by atoms with E-state index in [1.807, 2.05) is 24.3 Å². The van der Waals surface area contributed by atoms with Crippen molar-refractivity contribution in [2.75, 3.05) is 40.3 Å². The standard InChI is InChI=1S/C18H27ClN4O2/c1-23(2)17(24)13-22-18(21-12-16-4-3-11-25-16)20-10-9-14-5-7-15(19)8-6-14/h5-8,16H,3-4,9-13H2,1-2H3,(H2,20,21,22). The number of carbonyl (C=O) groups is 1. The van der Waals surface area contributed by atoms with Crippen LogP contribution >= 0.6 is 11.6 Å². The largest absolute Gasteiger partial charge is 0.376 e. The van der Waals surface area contributed by atoms with E-state index < -0.39 is 0 Å². The molecule has 0 radical (unpaired) electrons. The zero-order chi connectivity index (χ0) is 18.1. The van der Waals surface area contributed by atoms with Crippen LogP contribution in [0.1, 0.15) is 18.4 Å². The lowest BCUT2D eigenvalue weighted by molar-refractivity contribution is -0.127. The topological polar surface area (TPSA) is 66.0 Å². The predicted octanol–water partition coefficient (Wildman–Crippen LogP) is 1.68. The highest BCUT2D eigenvalue weighted by atomic mass is 35.5. The third kappa shape index (κ3) is 7.32. The fraction of sp³-hybridized carbons (Fsp3) is 0.556. The molecule has 1 aromatic carbocycles. The van der Waals surface area contributed by atoms with Crippen molar-refractivity contribution < 1.29 is 9.53 Å². The summed E-state index contributed by atoms with van der Waals surface area (Å²) in [6.45, 7) is 2.36. The number of guanidine groups is 1. The second-order valence-electron chi connectivity index (χ2n) is 6.27. The van der Waals surface area contributed by atoms with E-state index in [9.17, 15) is 4.79 Å². The first-order valence-electron chi connectivity index (χ1n) is 8.63. The van der Waals surface area contributed by atoms with E-state index >= 15 is 0 Å². The molecule has 138 valence electrons. The van der Waals surface area contributed by atoms with Gasteiger partial charge in [-0.1, -0.05) is 23.7 Å². The number of amides is 1. The van der Waals surface area contributed by atoms with E-state index in [4.69, 9.17) is 16.3 Å². The lowest BCUT2D eigenvalue weighted by atomic mass is 10.1. The van der Waals surface area contributed by atoms with Gasteiger partial charge in [-0.25, -0.2) is 4.99 Å². The summed E-state index contributed by atoms with van der Waals surface area (Å²) in [6.07, 6.45) is 3.22. The Labute approximate surface area is 154 Å². The molecule has 0 bridgehead atoms. The normalized spacial score (nSPS) is 17.4. The van der Waals surface area contributed by atoms with E-state index in [0.717, 1.165) is 37.4 Å². The molecular weight excluding hydrogens is 340 g/mol. The van der Waals surface area contributed by atoms with Crippen LogP contribution in [0.25, 0.3) is 0 Å². The van der Waals surface area contributed by atoms with Crippen LogP contribution in [-0.4, -0.2) is 63.2 Å². The van der Waals surface area contributed by atoms with Crippen molar-refractivity contribution in [3.63, 3.8) is 0 Å². The summed E-state index contributed by atoms with van der Waals surface area (Å²) in [5.41, 5.74) is 1.19. The molecule has 1 unspecified atom stereocenters. The number of carbonyl (C=O) groups excluding carboxylic acids is 1. The lowest BCUT2D eigenvalue weighted by Crippen LogP contribution is -2.42. The van der Waals surface area contributed by atoms with Crippen LogP contribution in [0.4, 0.5) is 0 Å². The maximum Gasteiger partial charge on any atom is 0.243 e. The van der Waals surface area contributed by atoms with Gasteiger partial charge in [0.25, 0.3) is 0 Å². The Morgan fingerprint density at radius 1 is 1.32 bits per heavy atom. The summed E-state index contributed by atoms with van der Waals surface area (Å²) >= 11 is 5.90. The van der Waals surface area contributed by atoms with Gasteiger partial charge in [-0.15, -0.1) is 0 Å². The first-order valence-corrected chi connectivity index (χ1v) is 9.01. The molecule has 0 spiro atoms. The van der Waals surface area contributed by atoms with Gasteiger partial charge in [0, 0.05) is 38.8 Å². The molecule has 7 heteroatoms. The zero-order valence-corrected chi connectivity index (χ0v) is 15.7. The molecule has 1 saturated heterocycles. The third-order valence-electron chi connectivity index (χ3n) is 4.01. The number of hydrogen-bond donors (Lipinski definition) is 2. The summed E-state index contributed by atoms with van der Waals surface area (Å²) in [5, 5.41) is 7.29. The Bertz CT molecular complexity index is 569. The van der Waals surface area contributed by atoms with E-state index in [2.05, 4.69) is 15.6 Å². The Morgan fingerprint density at radius 3 is 2.72 bits per heavy atom. The monoisotopic (exact) mass is 366 g/mol. The zero-order valence-electron chi connectivity index (χ0n) is 14.9. The first-order chi connectivity index (χ1) is 12.0. The van der Waals surface area contributed by atoms with Gasteiger partial charge in [-0.2, -0.15) is 0 Å². The molecule has 1 atom stereocenters. The van der Waals surface area contributed by atoms with E-state index in [-0.39, 0.29) is 18.6 Å². The highest BCUT2D eigenvalue weighted by Crippen LogP contribution is 2.11. The highest BCUT2D eigenvalue weighted by Gasteiger charge is 2.15. The van der Waals surface area contributed by atoms with Crippen LogP contribution < -0.4 is 10.6 Å². The lowest BCUT2D eigenvalue weighted by Gasteiger charge is -2.16. The van der Waals surface area contributed by atoms with Crippen molar-refractivity contribution in [1.29, 1.82) is 0 Å². The van der Waals surface area contributed by atoms with Gasteiger partial charge in [0.05, 0.1) is 6.10 Å². The van der Waals surface area contributed by atoms with Crippen molar-refractivity contribution >= 4 is 23.5 Å². The molecular formula is C18H27ClN4O2. The second kappa shape index (κ2) is 10.3. The number of hydrogen-bond acceptors (Lipinski definition) is 3. The average Bonchev–Trinajstić information content (AvgIpc) is 3.11. The summed E-state index contributed by atoms with van der Waals surface area (Å²) < 4.78 is 5.62. The van der Waals surface area contributed by atoms with Crippen molar-refractivity contribution in [3.8, 4) is 0 Å². The van der Waals surface area contributed by atoms with Gasteiger partial charge >= 0.3 is 0 Å². The van der Waals surface area contributed by atoms with Gasteiger partial charge in [0.2, 0.25) is 5.91 Å². The number of rotatable bonds is 7. The molecule has 2 N–H and O–H groups in total. The Kier molecular flexibility index (Phi) is 8.01. The third-order valence-corrected chi connectivity index (χ3v) is 4.26. The highest BCUT2D eigenvalue weighted by molar-refractivity contribution is 6.30. The Balaban J connectivity index is 1.84. The number of nitrogens with zero attached hydrogens (tertiary/aromatic N) is 2. The molecule has 1 aliphatic heterocycles. The minimum Gasteiger partial charge on any atom is -0.376 e. The fourth-order valence-corrected chi connectivity index (χ4v) is 2.58. The van der Waals surface area contributed by atoms with Crippen molar-refractivity contribution in [2.45, 2.75) is 25.4 Å². The number of ether oxygens (including phenoxy) is 1. The van der Waals surface area contributed by atoms with Crippen LogP contribution in [0.15, 0.2) is 29.3 Å². The second-order valence-corrected chi connectivity index (χ2v) is 6.71. The molecule has 1 fully saturated rings. The van der Waals surface area contributed by atoms with Crippen LogP contribution in [-0.2, 0) is 16.0 Å². The summed E-state index contributed by atoms with van der Waals surface area (Å²) in [7, 11) is 3.45. The molecule has 0 aliphatic carbocycles. The number of nitrogens with one attached hydrogen (secondary N) is 2. The molecule has 2 rings (SSSR count). The summed E-state index contributed by atoms with van der Waals surface area (Å²) in [6, 6.07) is 7.79. The smallest absolute Gasteiger partial charge is 0.243 e.